The molecule has 0 aliphatic carbocycles. The predicted molar refractivity (Wildman–Crippen MR) is 45.3 cm³/mol. The third kappa shape index (κ3) is 5.72. The number of nitrogens with zero attached hydrogens (tertiary/aromatic N) is 1. The second kappa shape index (κ2) is 6.66. The molecule has 0 aliphatic heterocycles. The minimum Gasteiger partial charge on any atom is -0.465 e. The molecule has 1 atom stereocenters. The summed E-state index contributed by atoms with van der Waals surface area (Å²) in [7, 11) is 0. The molecule has 0 bridgehead atoms. The molecule has 0 heterocycles. The van der Waals surface area contributed by atoms with Crippen molar-refractivity contribution >= 4 is 5.97 Å². The highest BCUT2D eigenvalue weighted by Gasteiger charge is 2.04. The number of nitriles is 1. The van der Waals surface area contributed by atoms with Crippen molar-refractivity contribution in [2.75, 3.05) is 6.61 Å². The Hall–Kier alpha value is -1.04. The summed E-state index contributed by atoms with van der Waals surface area (Å²) in [5.74, 6) is 0.146. The van der Waals surface area contributed by atoms with Crippen molar-refractivity contribution in [3.8, 4) is 6.07 Å². The summed E-state index contributed by atoms with van der Waals surface area (Å²) in [6, 6.07) is 1.90. The fourth-order valence-corrected chi connectivity index (χ4v) is 0.583. The van der Waals surface area contributed by atoms with Crippen LogP contribution in [0.1, 0.15) is 33.1 Å². The average molecular weight is 169 g/mol. The van der Waals surface area contributed by atoms with Gasteiger partial charge in [0.2, 0.25) is 0 Å². The van der Waals surface area contributed by atoms with E-state index in [0.29, 0.717) is 12.5 Å². The van der Waals surface area contributed by atoms with Crippen LogP contribution in [0.3, 0.4) is 0 Å². The maximum atomic E-state index is 10.8. The Morgan fingerprint density at radius 2 is 2.33 bits per heavy atom. The van der Waals surface area contributed by atoms with E-state index in [9.17, 15) is 4.79 Å². The van der Waals surface area contributed by atoms with Crippen LogP contribution in [0.15, 0.2) is 0 Å². The number of ether oxygens (including phenoxy) is 1. The van der Waals surface area contributed by atoms with Crippen molar-refractivity contribution in [3.05, 3.63) is 0 Å². The lowest BCUT2D eigenvalue weighted by Gasteiger charge is -2.08. The van der Waals surface area contributed by atoms with Gasteiger partial charge in [0.25, 0.3) is 0 Å². The van der Waals surface area contributed by atoms with E-state index in [-0.39, 0.29) is 18.8 Å². The molecule has 0 aromatic carbocycles. The molecule has 0 N–H and O–H groups in total. The molecule has 0 fully saturated rings. The van der Waals surface area contributed by atoms with E-state index in [0.717, 1.165) is 6.42 Å². The molecule has 3 heteroatoms. The first-order valence-corrected chi connectivity index (χ1v) is 4.23. The molecule has 0 aromatic rings. The van der Waals surface area contributed by atoms with Gasteiger partial charge < -0.3 is 4.74 Å². The minimum absolute atomic E-state index is 0.215. The number of rotatable bonds is 5. The Bertz CT molecular complexity index is 172. The summed E-state index contributed by atoms with van der Waals surface area (Å²) >= 11 is 0. The Labute approximate surface area is 73.3 Å². The first kappa shape index (κ1) is 11.0. The molecule has 12 heavy (non-hydrogen) atoms. The monoisotopic (exact) mass is 169 g/mol. The van der Waals surface area contributed by atoms with Crippen molar-refractivity contribution < 1.29 is 9.53 Å². The lowest BCUT2D eigenvalue weighted by atomic mass is 10.1. The van der Waals surface area contributed by atoms with Gasteiger partial charge in [-0.3, -0.25) is 4.79 Å². The molecule has 0 aromatic heterocycles. The second-order valence-electron chi connectivity index (χ2n) is 2.85. The zero-order valence-electron chi connectivity index (χ0n) is 7.67. The van der Waals surface area contributed by atoms with Crippen LogP contribution in [0, 0.1) is 17.2 Å². The Morgan fingerprint density at radius 3 is 2.83 bits per heavy atom. The highest BCUT2D eigenvalue weighted by Crippen LogP contribution is 2.02. The average Bonchev–Trinajstić information content (AvgIpc) is 2.10. The van der Waals surface area contributed by atoms with Crippen molar-refractivity contribution in [1.82, 2.24) is 0 Å². The van der Waals surface area contributed by atoms with Crippen molar-refractivity contribution in [1.29, 1.82) is 5.26 Å². The smallest absolute Gasteiger partial charge is 0.306 e. The van der Waals surface area contributed by atoms with Gasteiger partial charge in [0.1, 0.15) is 0 Å². The molecular formula is C9H15NO2. The molecular weight excluding hydrogens is 154 g/mol. The van der Waals surface area contributed by atoms with Crippen LogP contribution in [0.2, 0.25) is 0 Å². The van der Waals surface area contributed by atoms with E-state index >= 15 is 0 Å². The first-order chi connectivity index (χ1) is 5.70. The first-order valence-electron chi connectivity index (χ1n) is 4.23. The van der Waals surface area contributed by atoms with Gasteiger partial charge in [0, 0.05) is 6.42 Å². The molecule has 1 unspecified atom stereocenters. The van der Waals surface area contributed by atoms with Gasteiger partial charge in [-0.05, 0) is 5.92 Å². The molecule has 0 radical (unpaired) electrons. The summed E-state index contributed by atoms with van der Waals surface area (Å²) in [6.45, 7) is 4.55. The van der Waals surface area contributed by atoms with Crippen LogP contribution in [-0.4, -0.2) is 12.6 Å². The highest BCUT2D eigenvalue weighted by molar-refractivity contribution is 5.69. The van der Waals surface area contributed by atoms with Gasteiger partial charge in [-0.1, -0.05) is 20.3 Å². The number of esters is 1. The maximum Gasteiger partial charge on any atom is 0.306 e. The Morgan fingerprint density at radius 1 is 1.67 bits per heavy atom. The number of carbonyl (C=O) groups is 1. The van der Waals surface area contributed by atoms with Crippen LogP contribution < -0.4 is 0 Å². The number of hydrogen-bond acceptors (Lipinski definition) is 3. The maximum absolute atomic E-state index is 10.8. The van der Waals surface area contributed by atoms with Crippen LogP contribution in [-0.2, 0) is 9.53 Å². The van der Waals surface area contributed by atoms with Gasteiger partial charge in [0.05, 0.1) is 19.1 Å². The van der Waals surface area contributed by atoms with Crippen molar-refractivity contribution in [2.24, 2.45) is 5.92 Å². The zero-order valence-corrected chi connectivity index (χ0v) is 7.67. The Kier molecular flexibility index (Phi) is 6.08. The van der Waals surface area contributed by atoms with Crippen molar-refractivity contribution in [2.45, 2.75) is 33.1 Å². The van der Waals surface area contributed by atoms with E-state index in [1.807, 2.05) is 19.9 Å². The molecule has 0 amide bonds. The van der Waals surface area contributed by atoms with Crippen LogP contribution >= 0.6 is 0 Å². The third-order valence-electron chi connectivity index (χ3n) is 1.67. The lowest BCUT2D eigenvalue weighted by Crippen LogP contribution is -2.10. The minimum atomic E-state index is -0.267. The van der Waals surface area contributed by atoms with Gasteiger partial charge in [-0.2, -0.15) is 5.26 Å². The number of carbonyl (C=O) groups excluding carboxylic acids is 1. The van der Waals surface area contributed by atoms with E-state index in [4.69, 9.17) is 10.00 Å². The van der Waals surface area contributed by atoms with Crippen LogP contribution in [0.25, 0.3) is 0 Å². The molecule has 68 valence electrons. The number of hydrogen-bond donors (Lipinski definition) is 0. The van der Waals surface area contributed by atoms with Gasteiger partial charge in [-0.15, -0.1) is 0 Å². The van der Waals surface area contributed by atoms with Crippen LogP contribution in [0.5, 0.6) is 0 Å². The van der Waals surface area contributed by atoms with E-state index in [1.165, 1.54) is 0 Å². The molecule has 0 spiro atoms. The fourth-order valence-electron chi connectivity index (χ4n) is 0.583. The van der Waals surface area contributed by atoms with Crippen molar-refractivity contribution in [3.63, 3.8) is 0 Å². The standard InChI is InChI=1S/C9H15NO2/c1-3-8(2)7-12-9(11)5-4-6-10/h8H,3-5,7H2,1-2H3. The normalized spacial score (nSPS) is 11.8. The predicted octanol–water partition coefficient (Wildman–Crippen LogP) is 1.88. The summed E-state index contributed by atoms with van der Waals surface area (Å²) in [5.41, 5.74) is 0. The van der Waals surface area contributed by atoms with Gasteiger partial charge in [0.15, 0.2) is 0 Å². The second-order valence-corrected chi connectivity index (χ2v) is 2.85. The molecule has 0 saturated heterocycles. The lowest BCUT2D eigenvalue weighted by molar-refractivity contribution is -0.144. The quantitative estimate of drug-likeness (QED) is 0.590. The summed E-state index contributed by atoms with van der Waals surface area (Å²) in [4.78, 5) is 10.8. The van der Waals surface area contributed by atoms with E-state index < -0.39 is 0 Å². The molecule has 0 aliphatic rings. The zero-order chi connectivity index (χ0) is 9.40. The Balaban J connectivity index is 3.38. The fraction of sp³-hybridized carbons (Fsp3) is 0.778. The van der Waals surface area contributed by atoms with E-state index in [2.05, 4.69) is 0 Å². The molecule has 0 rings (SSSR count). The largest absolute Gasteiger partial charge is 0.465 e. The molecule has 3 nitrogen and oxygen atoms in total. The summed E-state index contributed by atoms with van der Waals surface area (Å²) in [6.07, 6.45) is 1.47. The van der Waals surface area contributed by atoms with Gasteiger partial charge in [-0.25, -0.2) is 0 Å². The van der Waals surface area contributed by atoms with E-state index in [1.54, 1.807) is 0 Å². The van der Waals surface area contributed by atoms with Gasteiger partial charge >= 0.3 is 5.97 Å². The van der Waals surface area contributed by atoms with Crippen LogP contribution in [0.4, 0.5) is 0 Å². The topological polar surface area (TPSA) is 50.1 Å². The summed E-state index contributed by atoms with van der Waals surface area (Å²) in [5, 5.41) is 8.18. The third-order valence-corrected chi connectivity index (χ3v) is 1.67. The molecule has 0 saturated carbocycles. The SMILES string of the molecule is CCC(C)COC(=O)CCC#N. The highest BCUT2D eigenvalue weighted by atomic mass is 16.5. The summed E-state index contributed by atoms with van der Waals surface area (Å²) < 4.78 is 4.91.